The molecule has 4 nitrogen and oxygen atoms in total. The molecule has 1 amide bonds. The molecule has 0 aliphatic heterocycles. The number of nitrogens with one attached hydrogen (secondary N) is 1. The number of nitrogens with zero attached hydrogens (tertiary/aromatic N) is 2. The lowest BCUT2D eigenvalue weighted by molar-refractivity contribution is -0.132. The average molecular weight is 281 g/mol. The number of hydrogen-bond acceptors (Lipinski definition) is 2. The van der Waals surface area contributed by atoms with Gasteiger partial charge in [-0.05, 0) is 38.2 Å². The van der Waals surface area contributed by atoms with E-state index in [0.29, 0.717) is 22.3 Å². The summed E-state index contributed by atoms with van der Waals surface area (Å²) in [6.07, 6.45) is 0. The second-order valence-corrected chi connectivity index (χ2v) is 4.85. The highest BCUT2D eigenvalue weighted by Gasteiger charge is 2.21. The Bertz CT molecular complexity index is 676. The highest BCUT2D eigenvalue weighted by molar-refractivity contribution is 7.71. The highest BCUT2D eigenvalue weighted by atomic mass is 32.1. The predicted molar refractivity (Wildman–Crippen MR) is 75.1 cm³/mol. The number of H-pyrrole nitrogens is 1. The quantitative estimate of drug-likeness (QED) is 0.879. The summed E-state index contributed by atoms with van der Waals surface area (Å²) in [5.41, 5.74) is 0.946. The normalized spacial score (nSPS) is 12.6. The number of amides is 1. The van der Waals surface area contributed by atoms with E-state index in [1.54, 1.807) is 35.6 Å². The monoisotopic (exact) mass is 281 g/mol. The summed E-state index contributed by atoms with van der Waals surface area (Å²) >= 11 is 5.20. The lowest BCUT2D eigenvalue weighted by atomic mass is 10.2. The fourth-order valence-corrected chi connectivity index (χ4v) is 2.44. The highest BCUT2D eigenvalue weighted by Crippen LogP contribution is 2.22. The Morgan fingerprint density at radius 2 is 2.26 bits per heavy atom. The largest absolute Gasteiger partial charge is 0.344 e. The summed E-state index contributed by atoms with van der Waals surface area (Å²) < 4.78 is 15.7. The molecule has 0 aliphatic carbocycles. The fraction of sp³-hybridized carbons (Fsp3) is 0.385. The number of carbonyl (C=O) groups is 1. The molecule has 1 atom stereocenters. The Morgan fingerprint density at radius 3 is 2.89 bits per heavy atom. The molecule has 0 saturated heterocycles. The summed E-state index contributed by atoms with van der Waals surface area (Å²) in [5.74, 6) is -0.422. The number of halogens is 1. The summed E-state index contributed by atoms with van der Waals surface area (Å²) in [6, 6.07) is 4.26. The molecule has 0 spiro atoms. The van der Waals surface area contributed by atoms with Gasteiger partial charge in [-0.2, -0.15) is 0 Å². The van der Waals surface area contributed by atoms with E-state index >= 15 is 0 Å². The minimum Gasteiger partial charge on any atom is -0.344 e. The van der Waals surface area contributed by atoms with Gasteiger partial charge >= 0.3 is 0 Å². The summed E-state index contributed by atoms with van der Waals surface area (Å²) in [4.78, 5) is 16.6. The molecule has 1 heterocycles. The lowest BCUT2D eigenvalue weighted by Gasteiger charge is -2.21. The number of rotatable bonds is 3. The molecule has 1 N–H and O–H groups in total. The molecule has 2 rings (SSSR count). The van der Waals surface area contributed by atoms with E-state index in [-0.39, 0.29) is 11.7 Å². The maximum atomic E-state index is 13.7. The van der Waals surface area contributed by atoms with Crippen LogP contribution >= 0.6 is 12.2 Å². The van der Waals surface area contributed by atoms with Crippen LogP contribution in [0.5, 0.6) is 0 Å². The first kappa shape index (κ1) is 13.7. The van der Waals surface area contributed by atoms with Crippen LogP contribution in [0.2, 0.25) is 0 Å². The number of para-hydroxylation sites is 1. The van der Waals surface area contributed by atoms with Crippen molar-refractivity contribution in [3.05, 3.63) is 28.8 Å². The molecule has 102 valence electrons. The van der Waals surface area contributed by atoms with Gasteiger partial charge in [0.25, 0.3) is 0 Å². The van der Waals surface area contributed by atoms with Gasteiger partial charge in [0.05, 0.1) is 5.52 Å². The van der Waals surface area contributed by atoms with Crippen LogP contribution in [0.15, 0.2) is 18.2 Å². The molecule has 0 radical (unpaired) electrons. The molecule has 1 unspecified atom stereocenters. The van der Waals surface area contributed by atoms with Crippen molar-refractivity contribution in [1.29, 1.82) is 0 Å². The Hall–Kier alpha value is -1.69. The number of imidazole rings is 1. The molecule has 0 fully saturated rings. The van der Waals surface area contributed by atoms with Crippen LogP contribution in [0.1, 0.15) is 19.9 Å². The maximum absolute atomic E-state index is 13.7. The number of aromatic amines is 1. The number of fused-ring (bicyclic) bond motifs is 1. The van der Waals surface area contributed by atoms with E-state index in [1.807, 2.05) is 6.92 Å². The number of likely N-dealkylation sites (N-methyl/N-ethyl adjacent to an activating group) is 1. The van der Waals surface area contributed by atoms with Crippen molar-refractivity contribution in [3.8, 4) is 0 Å². The molecular formula is C13H16FN3OS. The van der Waals surface area contributed by atoms with Crippen molar-refractivity contribution in [2.24, 2.45) is 0 Å². The smallest absolute Gasteiger partial charge is 0.245 e. The Kier molecular flexibility index (Phi) is 3.71. The van der Waals surface area contributed by atoms with Gasteiger partial charge in [-0.25, -0.2) is 4.39 Å². The van der Waals surface area contributed by atoms with Gasteiger partial charge < -0.3 is 14.5 Å². The van der Waals surface area contributed by atoms with Gasteiger partial charge in [-0.3, -0.25) is 4.79 Å². The zero-order chi connectivity index (χ0) is 14.2. The molecule has 1 aromatic carbocycles. The minimum absolute atomic E-state index is 0.0521. The standard InChI is InChI=1S/C13H16FN3OS/c1-4-16(3)12(18)8(2)17-10-7-5-6-9(14)11(10)15-13(17)19/h5-8H,4H2,1-3H3,(H,15,19). The van der Waals surface area contributed by atoms with Gasteiger partial charge in [0.15, 0.2) is 4.77 Å². The van der Waals surface area contributed by atoms with E-state index in [0.717, 1.165) is 0 Å². The number of benzene rings is 1. The van der Waals surface area contributed by atoms with E-state index in [2.05, 4.69) is 4.98 Å². The molecule has 1 aromatic heterocycles. The number of carbonyl (C=O) groups excluding carboxylic acids is 1. The molecule has 19 heavy (non-hydrogen) atoms. The molecule has 0 saturated carbocycles. The van der Waals surface area contributed by atoms with Crippen molar-refractivity contribution in [2.75, 3.05) is 13.6 Å². The topological polar surface area (TPSA) is 41.0 Å². The first-order valence-electron chi connectivity index (χ1n) is 6.11. The van der Waals surface area contributed by atoms with Crippen LogP contribution in [0, 0.1) is 10.6 Å². The molecule has 0 bridgehead atoms. The van der Waals surface area contributed by atoms with E-state index in [4.69, 9.17) is 12.2 Å². The van der Waals surface area contributed by atoms with E-state index in [9.17, 15) is 9.18 Å². The predicted octanol–water partition coefficient (Wildman–Crippen LogP) is 2.88. The molecule has 6 heteroatoms. The van der Waals surface area contributed by atoms with E-state index < -0.39 is 6.04 Å². The van der Waals surface area contributed by atoms with Crippen LogP contribution in [0.4, 0.5) is 4.39 Å². The number of aromatic nitrogens is 2. The van der Waals surface area contributed by atoms with Gasteiger partial charge in [0.2, 0.25) is 5.91 Å². The second-order valence-electron chi connectivity index (χ2n) is 4.46. The number of hydrogen-bond donors (Lipinski definition) is 1. The van der Waals surface area contributed by atoms with Gasteiger partial charge in [-0.15, -0.1) is 0 Å². The summed E-state index contributed by atoms with van der Waals surface area (Å²) in [6.45, 7) is 4.29. The maximum Gasteiger partial charge on any atom is 0.245 e. The van der Waals surface area contributed by atoms with Crippen LogP contribution < -0.4 is 0 Å². The van der Waals surface area contributed by atoms with Crippen molar-refractivity contribution in [3.63, 3.8) is 0 Å². The first-order chi connectivity index (χ1) is 8.97. The zero-order valence-electron chi connectivity index (χ0n) is 11.1. The third-order valence-corrected chi connectivity index (χ3v) is 3.60. The van der Waals surface area contributed by atoms with Gasteiger partial charge in [-0.1, -0.05) is 6.07 Å². The average Bonchev–Trinajstić information content (AvgIpc) is 2.74. The third kappa shape index (κ3) is 2.28. The third-order valence-electron chi connectivity index (χ3n) is 3.30. The second kappa shape index (κ2) is 5.13. The lowest BCUT2D eigenvalue weighted by Crippen LogP contribution is -2.32. The minimum atomic E-state index is -0.465. The van der Waals surface area contributed by atoms with Crippen LogP contribution in [0.3, 0.4) is 0 Å². The van der Waals surface area contributed by atoms with Gasteiger partial charge in [0.1, 0.15) is 17.4 Å². The van der Waals surface area contributed by atoms with Crippen molar-refractivity contribution in [2.45, 2.75) is 19.9 Å². The molecule has 2 aromatic rings. The molecule has 0 aliphatic rings. The van der Waals surface area contributed by atoms with Crippen molar-refractivity contribution < 1.29 is 9.18 Å². The van der Waals surface area contributed by atoms with Crippen LogP contribution in [0.25, 0.3) is 11.0 Å². The Balaban J connectivity index is 2.57. The fourth-order valence-electron chi connectivity index (χ4n) is 2.08. The zero-order valence-corrected chi connectivity index (χ0v) is 11.9. The van der Waals surface area contributed by atoms with Crippen molar-refractivity contribution in [1.82, 2.24) is 14.5 Å². The summed E-state index contributed by atoms with van der Waals surface area (Å²) in [7, 11) is 1.73. The van der Waals surface area contributed by atoms with Crippen LogP contribution in [-0.2, 0) is 4.79 Å². The Morgan fingerprint density at radius 1 is 1.58 bits per heavy atom. The Labute approximate surface area is 115 Å². The summed E-state index contributed by atoms with van der Waals surface area (Å²) in [5, 5.41) is 0. The molecular weight excluding hydrogens is 265 g/mol. The van der Waals surface area contributed by atoms with Gasteiger partial charge in [0, 0.05) is 13.6 Å². The SMILES string of the molecule is CCN(C)C(=O)C(C)n1c(=S)[nH]c2c(F)cccc21. The first-order valence-corrected chi connectivity index (χ1v) is 6.52. The van der Waals surface area contributed by atoms with E-state index in [1.165, 1.54) is 6.07 Å². The van der Waals surface area contributed by atoms with Crippen LogP contribution in [-0.4, -0.2) is 34.0 Å². The van der Waals surface area contributed by atoms with Crippen molar-refractivity contribution >= 4 is 29.2 Å².